The summed E-state index contributed by atoms with van der Waals surface area (Å²) < 4.78 is 13.2. The summed E-state index contributed by atoms with van der Waals surface area (Å²) in [6, 6.07) is 5.49. The maximum Gasteiger partial charge on any atom is 0.166 e. The minimum absolute atomic E-state index is 0.176. The van der Waals surface area contributed by atoms with Crippen molar-refractivity contribution in [1.82, 2.24) is 9.78 Å². The molecule has 2 heterocycles. The molecule has 0 saturated carbocycles. The highest BCUT2D eigenvalue weighted by atomic mass is 35.5. The molecule has 3 rings (SSSR count). The van der Waals surface area contributed by atoms with Crippen molar-refractivity contribution in [2.45, 2.75) is 25.9 Å². The van der Waals surface area contributed by atoms with Crippen LogP contribution in [0.5, 0.6) is 11.5 Å². The first-order valence-corrected chi connectivity index (χ1v) is 7.34. The van der Waals surface area contributed by atoms with Crippen molar-refractivity contribution in [3.8, 4) is 11.5 Å². The van der Waals surface area contributed by atoms with Crippen molar-refractivity contribution >= 4 is 11.6 Å². The molecular weight excluding hydrogens is 290 g/mol. The third-order valence-electron chi connectivity index (χ3n) is 3.50. The maximum atomic E-state index is 6.44. The molecule has 21 heavy (non-hydrogen) atoms. The third-order valence-corrected chi connectivity index (χ3v) is 3.79. The van der Waals surface area contributed by atoms with E-state index in [1.807, 2.05) is 36.7 Å². The van der Waals surface area contributed by atoms with Crippen LogP contribution in [-0.4, -0.2) is 23.0 Å². The summed E-state index contributed by atoms with van der Waals surface area (Å²) in [5.74, 6) is 1.42. The van der Waals surface area contributed by atoms with E-state index in [0.717, 1.165) is 17.0 Å². The van der Waals surface area contributed by atoms with E-state index in [-0.39, 0.29) is 6.04 Å². The van der Waals surface area contributed by atoms with Gasteiger partial charge in [0, 0.05) is 11.6 Å². The second-order valence-electron chi connectivity index (χ2n) is 5.27. The smallest absolute Gasteiger partial charge is 0.166 e. The Bertz CT molecular complexity index is 654. The summed E-state index contributed by atoms with van der Waals surface area (Å²) in [5.41, 5.74) is 8.09. The van der Waals surface area contributed by atoms with Crippen LogP contribution in [0.4, 0.5) is 0 Å². The molecule has 2 N–H and O–H groups in total. The van der Waals surface area contributed by atoms with Gasteiger partial charge in [-0.2, -0.15) is 5.10 Å². The second-order valence-corrected chi connectivity index (χ2v) is 5.67. The minimum atomic E-state index is -0.418. The number of benzene rings is 1. The molecule has 0 fully saturated rings. The van der Waals surface area contributed by atoms with Gasteiger partial charge in [-0.3, -0.25) is 4.68 Å². The molecule has 0 saturated heterocycles. The first-order chi connectivity index (χ1) is 10.1. The molecule has 0 bridgehead atoms. The Balaban J connectivity index is 2.07. The van der Waals surface area contributed by atoms with Crippen LogP contribution in [0.2, 0.25) is 5.02 Å². The Morgan fingerprint density at radius 2 is 2.05 bits per heavy atom. The average molecular weight is 308 g/mol. The van der Waals surface area contributed by atoms with E-state index in [4.69, 9.17) is 26.8 Å². The SMILES string of the molecule is CC(C)n1ncc(Cl)c1C(N)c1cccc2c1OCCO2. The van der Waals surface area contributed by atoms with Crippen LogP contribution in [0.3, 0.4) is 0 Å². The van der Waals surface area contributed by atoms with E-state index < -0.39 is 6.04 Å². The average Bonchev–Trinajstić information content (AvgIpc) is 2.88. The number of rotatable bonds is 3. The number of ether oxygens (including phenoxy) is 2. The zero-order valence-corrected chi connectivity index (χ0v) is 12.8. The number of hydrogen-bond acceptors (Lipinski definition) is 4. The molecule has 0 aliphatic carbocycles. The molecule has 1 unspecified atom stereocenters. The van der Waals surface area contributed by atoms with E-state index in [0.29, 0.717) is 24.0 Å². The fourth-order valence-electron chi connectivity index (χ4n) is 2.54. The number of aromatic nitrogens is 2. The maximum absolute atomic E-state index is 6.44. The van der Waals surface area contributed by atoms with Crippen molar-refractivity contribution in [1.29, 1.82) is 0 Å². The van der Waals surface area contributed by atoms with Gasteiger partial charge in [-0.1, -0.05) is 23.7 Å². The van der Waals surface area contributed by atoms with E-state index in [1.165, 1.54) is 0 Å². The summed E-state index contributed by atoms with van der Waals surface area (Å²) in [6.45, 7) is 5.16. The summed E-state index contributed by atoms with van der Waals surface area (Å²) in [4.78, 5) is 0. The third kappa shape index (κ3) is 2.47. The number of para-hydroxylation sites is 1. The van der Waals surface area contributed by atoms with Gasteiger partial charge in [-0.05, 0) is 19.9 Å². The first kappa shape index (κ1) is 14.2. The summed E-state index contributed by atoms with van der Waals surface area (Å²) in [7, 11) is 0. The highest BCUT2D eigenvalue weighted by Gasteiger charge is 2.25. The zero-order chi connectivity index (χ0) is 15.0. The van der Waals surface area contributed by atoms with Crippen molar-refractivity contribution in [2.75, 3.05) is 13.2 Å². The van der Waals surface area contributed by atoms with Gasteiger partial charge in [0.25, 0.3) is 0 Å². The Hall–Kier alpha value is -1.72. The quantitative estimate of drug-likeness (QED) is 0.947. The lowest BCUT2D eigenvalue weighted by molar-refractivity contribution is 0.169. The van der Waals surface area contributed by atoms with Crippen molar-refractivity contribution in [3.05, 3.63) is 40.7 Å². The number of hydrogen-bond donors (Lipinski definition) is 1. The fourth-order valence-corrected chi connectivity index (χ4v) is 2.79. The van der Waals surface area contributed by atoms with Crippen molar-refractivity contribution in [2.24, 2.45) is 5.73 Å². The molecule has 0 amide bonds. The van der Waals surface area contributed by atoms with Crippen molar-refractivity contribution in [3.63, 3.8) is 0 Å². The van der Waals surface area contributed by atoms with Crippen LogP contribution in [0.25, 0.3) is 0 Å². The van der Waals surface area contributed by atoms with Crippen LogP contribution >= 0.6 is 11.6 Å². The molecule has 1 aliphatic heterocycles. The highest BCUT2D eigenvalue weighted by Crippen LogP contribution is 2.39. The molecule has 2 aromatic rings. The number of nitrogens with two attached hydrogens (primary N) is 1. The largest absolute Gasteiger partial charge is 0.486 e. The normalized spacial score (nSPS) is 15.3. The minimum Gasteiger partial charge on any atom is -0.486 e. The lowest BCUT2D eigenvalue weighted by Crippen LogP contribution is -2.22. The molecular formula is C15H18ClN3O2. The second kappa shape index (κ2) is 5.58. The molecule has 6 heteroatoms. The van der Waals surface area contributed by atoms with Crippen LogP contribution in [0.1, 0.15) is 37.2 Å². The Kier molecular flexibility index (Phi) is 3.78. The van der Waals surface area contributed by atoms with Gasteiger partial charge in [0.15, 0.2) is 11.5 Å². The van der Waals surface area contributed by atoms with Crippen LogP contribution in [-0.2, 0) is 0 Å². The molecule has 112 valence electrons. The van der Waals surface area contributed by atoms with Gasteiger partial charge in [0.2, 0.25) is 0 Å². The van der Waals surface area contributed by atoms with E-state index in [1.54, 1.807) is 6.20 Å². The lowest BCUT2D eigenvalue weighted by atomic mass is 10.0. The van der Waals surface area contributed by atoms with Gasteiger partial charge < -0.3 is 15.2 Å². The molecule has 1 aromatic heterocycles. The number of nitrogens with zero attached hydrogens (tertiary/aromatic N) is 2. The van der Waals surface area contributed by atoms with Crippen molar-refractivity contribution < 1.29 is 9.47 Å². The fraction of sp³-hybridized carbons (Fsp3) is 0.400. The van der Waals surface area contributed by atoms with Gasteiger partial charge in [0.1, 0.15) is 13.2 Å². The standard InChI is InChI=1S/C15H18ClN3O2/c1-9(2)19-14(11(16)8-18-19)13(17)10-4-3-5-12-15(10)21-7-6-20-12/h3-5,8-9,13H,6-7,17H2,1-2H3. The predicted octanol–water partition coefficient (Wildman–Crippen LogP) is 2.94. The summed E-state index contributed by atoms with van der Waals surface area (Å²) >= 11 is 6.28. The lowest BCUT2D eigenvalue weighted by Gasteiger charge is -2.24. The Labute approximate surface area is 128 Å². The molecule has 1 atom stereocenters. The van der Waals surface area contributed by atoms with Crippen LogP contribution in [0.15, 0.2) is 24.4 Å². The monoisotopic (exact) mass is 307 g/mol. The predicted molar refractivity (Wildman–Crippen MR) is 81.1 cm³/mol. The van der Waals surface area contributed by atoms with Gasteiger partial charge in [0.05, 0.1) is 23.0 Å². The molecule has 1 aromatic carbocycles. The van der Waals surface area contributed by atoms with Gasteiger partial charge in [-0.15, -0.1) is 0 Å². The highest BCUT2D eigenvalue weighted by molar-refractivity contribution is 6.31. The topological polar surface area (TPSA) is 62.3 Å². The number of halogens is 1. The zero-order valence-electron chi connectivity index (χ0n) is 12.0. The number of fused-ring (bicyclic) bond motifs is 1. The van der Waals surface area contributed by atoms with E-state index >= 15 is 0 Å². The summed E-state index contributed by atoms with van der Waals surface area (Å²) in [6.07, 6.45) is 1.63. The Morgan fingerprint density at radius 1 is 1.29 bits per heavy atom. The van der Waals surface area contributed by atoms with Gasteiger partial charge in [-0.25, -0.2) is 0 Å². The van der Waals surface area contributed by atoms with E-state index in [2.05, 4.69) is 5.10 Å². The Morgan fingerprint density at radius 3 is 2.81 bits per heavy atom. The molecule has 1 aliphatic rings. The molecule has 0 radical (unpaired) electrons. The van der Waals surface area contributed by atoms with Crippen LogP contribution < -0.4 is 15.2 Å². The van der Waals surface area contributed by atoms with E-state index in [9.17, 15) is 0 Å². The summed E-state index contributed by atoms with van der Waals surface area (Å²) in [5, 5.41) is 4.87. The molecule has 5 nitrogen and oxygen atoms in total. The first-order valence-electron chi connectivity index (χ1n) is 6.96. The van der Waals surface area contributed by atoms with Gasteiger partial charge >= 0.3 is 0 Å². The molecule has 0 spiro atoms. The van der Waals surface area contributed by atoms with Crippen LogP contribution in [0, 0.1) is 0 Å².